The van der Waals surface area contributed by atoms with Gasteiger partial charge in [0.1, 0.15) is 12.1 Å². The molecule has 3 atom stereocenters. The molecule has 4 N–H and O–H groups in total. The van der Waals surface area contributed by atoms with E-state index in [-0.39, 0.29) is 13.0 Å². The van der Waals surface area contributed by atoms with Crippen molar-refractivity contribution >= 4 is 19.8 Å². The molecule has 3 unspecified atom stereocenters. The van der Waals surface area contributed by atoms with Crippen molar-refractivity contribution in [3.8, 4) is 0 Å². The molecule has 0 saturated heterocycles. The Bertz CT molecular complexity index is 1090. The standard InChI is InChI=1S/C43H76NO9P/c1-3-5-7-9-11-13-15-17-19-20-21-22-23-25-27-29-31-33-35-42(45)53-40(38-51-54(48,49)52-39-41(44)43(46)47)37-50-36-34-32-30-28-26-24-18-16-14-12-10-8-6-4-2/h6,8,12-15,18-20,24,40-41H,3-5,7,9-11,16-17,21-23,25-39,44H2,1-2H3,(H,46,47)(H,48,49)/b8-6-,14-12-,15-13-,20-19-,24-18-. The largest absolute Gasteiger partial charge is 0.480 e. The van der Waals surface area contributed by atoms with E-state index in [2.05, 4.69) is 74.6 Å². The average Bonchev–Trinajstić information content (AvgIpc) is 3.15. The first-order valence-electron chi connectivity index (χ1n) is 20.8. The quantitative estimate of drug-likeness (QED) is 0.0237. The number of aliphatic carboxylic acids is 1. The summed E-state index contributed by atoms with van der Waals surface area (Å²) in [5.74, 6) is -1.80. The zero-order chi connectivity index (χ0) is 39.8. The van der Waals surface area contributed by atoms with Crippen molar-refractivity contribution in [3.63, 3.8) is 0 Å². The fourth-order valence-corrected chi connectivity index (χ4v) is 6.07. The van der Waals surface area contributed by atoms with Gasteiger partial charge in [0.05, 0.1) is 19.8 Å². The number of esters is 1. The molecule has 0 aromatic carbocycles. The van der Waals surface area contributed by atoms with E-state index in [1.54, 1.807) is 0 Å². The summed E-state index contributed by atoms with van der Waals surface area (Å²) in [6.07, 6.45) is 45.6. The smallest absolute Gasteiger partial charge is 0.472 e. The summed E-state index contributed by atoms with van der Waals surface area (Å²) in [5, 5.41) is 8.88. The maximum Gasteiger partial charge on any atom is 0.472 e. The molecule has 0 spiro atoms. The molecule has 0 rings (SSSR count). The summed E-state index contributed by atoms with van der Waals surface area (Å²) >= 11 is 0. The number of carboxylic acid groups (broad SMARTS) is 1. The number of hydrogen-bond acceptors (Lipinski definition) is 8. The van der Waals surface area contributed by atoms with Crippen LogP contribution in [0.2, 0.25) is 0 Å². The molecular weight excluding hydrogens is 705 g/mol. The Hall–Kier alpha value is -2.33. The van der Waals surface area contributed by atoms with Crippen molar-refractivity contribution in [1.29, 1.82) is 0 Å². The van der Waals surface area contributed by atoms with E-state index >= 15 is 0 Å². The minimum atomic E-state index is -4.62. The van der Waals surface area contributed by atoms with Crippen LogP contribution in [0.1, 0.15) is 162 Å². The minimum Gasteiger partial charge on any atom is -0.480 e. The Morgan fingerprint density at radius 1 is 0.611 bits per heavy atom. The Morgan fingerprint density at radius 2 is 1.07 bits per heavy atom. The summed E-state index contributed by atoms with van der Waals surface area (Å²) in [6, 6.07) is -1.48. The van der Waals surface area contributed by atoms with Gasteiger partial charge in [0, 0.05) is 13.0 Å². The first-order valence-corrected chi connectivity index (χ1v) is 22.3. The fraction of sp³-hybridized carbons (Fsp3) is 0.721. The number of hydrogen-bond donors (Lipinski definition) is 3. The maximum absolute atomic E-state index is 12.6. The zero-order valence-electron chi connectivity index (χ0n) is 33.8. The lowest BCUT2D eigenvalue weighted by Crippen LogP contribution is -2.34. The van der Waals surface area contributed by atoms with E-state index in [1.165, 1.54) is 51.4 Å². The Labute approximate surface area is 328 Å². The second-order valence-corrected chi connectivity index (χ2v) is 15.2. The van der Waals surface area contributed by atoms with Crippen LogP contribution in [0.3, 0.4) is 0 Å². The van der Waals surface area contributed by atoms with Crippen LogP contribution < -0.4 is 5.73 Å². The molecule has 0 fully saturated rings. The third-order valence-corrected chi connectivity index (χ3v) is 9.48. The highest BCUT2D eigenvalue weighted by molar-refractivity contribution is 7.47. The van der Waals surface area contributed by atoms with Crippen LogP contribution in [-0.4, -0.2) is 60.5 Å². The molecule has 0 saturated carbocycles. The molecule has 0 aromatic heterocycles. The first-order chi connectivity index (χ1) is 26.2. The van der Waals surface area contributed by atoms with Gasteiger partial charge in [-0.05, 0) is 77.0 Å². The second kappa shape index (κ2) is 38.9. The third kappa shape index (κ3) is 38.0. The van der Waals surface area contributed by atoms with E-state index in [0.29, 0.717) is 13.0 Å². The van der Waals surface area contributed by atoms with Gasteiger partial charge in [0.2, 0.25) is 0 Å². The fourth-order valence-electron chi connectivity index (χ4n) is 5.29. The summed E-state index contributed by atoms with van der Waals surface area (Å²) in [6.45, 7) is 3.67. The molecule has 10 nitrogen and oxygen atoms in total. The van der Waals surface area contributed by atoms with E-state index in [1.807, 2.05) is 0 Å². The number of allylic oxidation sites excluding steroid dienone is 10. The summed E-state index contributed by atoms with van der Waals surface area (Å²) in [5.41, 5.74) is 5.35. The normalized spacial score (nSPS) is 14.6. The summed E-state index contributed by atoms with van der Waals surface area (Å²) in [4.78, 5) is 33.5. The van der Waals surface area contributed by atoms with Gasteiger partial charge in [-0.25, -0.2) is 4.57 Å². The molecule has 0 aromatic rings. The first kappa shape index (κ1) is 51.7. The Morgan fingerprint density at radius 3 is 1.61 bits per heavy atom. The number of carbonyl (C=O) groups is 2. The summed E-state index contributed by atoms with van der Waals surface area (Å²) < 4.78 is 33.3. The molecule has 0 amide bonds. The predicted molar refractivity (Wildman–Crippen MR) is 221 cm³/mol. The van der Waals surface area contributed by atoms with Crippen molar-refractivity contribution in [2.24, 2.45) is 5.73 Å². The Balaban J connectivity index is 4.31. The number of phosphoric acid groups is 1. The average molecular weight is 782 g/mol. The van der Waals surface area contributed by atoms with Gasteiger partial charge < -0.3 is 25.2 Å². The van der Waals surface area contributed by atoms with Crippen LogP contribution in [0.4, 0.5) is 0 Å². The molecule has 312 valence electrons. The van der Waals surface area contributed by atoms with Crippen LogP contribution in [0.25, 0.3) is 0 Å². The molecule has 54 heavy (non-hydrogen) atoms. The number of unbranched alkanes of at least 4 members (excludes halogenated alkanes) is 15. The molecular formula is C43H76NO9P. The van der Waals surface area contributed by atoms with Crippen LogP contribution in [0.15, 0.2) is 60.8 Å². The van der Waals surface area contributed by atoms with E-state index in [4.69, 9.17) is 29.4 Å². The number of carboxylic acids is 1. The van der Waals surface area contributed by atoms with E-state index in [0.717, 1.165) is 83.5 Å². The van der Waals surface area contributed by atoms with Crippen molar-refractivity contribution in [2.75, 3.05) is 26.4 Å². The highest BCUT2D eigenvalue weighted by Crippen LogP contribution is 2.43. The molecule has 0 aliphatic rings. The Kier molecular flexibility index (Phi) is 37.2. The topological polar surface area (TPSA) is 155 Å². The monoisotopic (exact) mass is 782 g/mol. The lowest BCUT2D eigenvalue weighted by Gasteiger charge is -2.20. The van der Waals surface area contributed by atoms with E-state index < -0.39 is 45.1 Å². The SMILES string of the molecule is CC/C=C\C/C=C\C/C=C\CCCCCCOCC(COP(=O)(O)OCC(N)C(=O)O)OC(=O)CCCCCCCCC/C=C\C/C=C\CCCCCC. The maximum atomic E-state index is 12.6. The van der Waals surface area contributed by atoms with Gasteiger partial charge in [-0.1, -0.05) is 139 Å². The molecule has 0 radical (unpaired) electrons. The molecule has 0 heterocycles. The third-order valence-electron chi connectivity index (χ3n) is 8.53. The number of rotatable bonds is 39. The number of phosphoric ester groups is 1. The molecule has 0 bridgehead atoms. The van der Waals surface area contributed by atoms with Crippen molar-refractivity contribution < 1.29 is 42.7 Å². The minimum absolute atomic E-state index is 0.00408. The van der Waals surface area contributed by atoms with Gasteiger partial charge >= 0.3 is 19.8 Å². The molecule has 0 aliphatic heterocycles. The van der Waals surface area contributed by atoms with Crippen LogP contribution >= 0.6 is 7.82 Å². The highest BCUT2D eigenvalue weighted by Gasteiger charge is 2.27. The zero-order valence-corrected chi connectivity index (χ0v) is 34.7. The van der Waals surface area contributed by atoms with Crippen LogP contribution in [0, 0.1) is 0 Å². The van der Waals surface area contributed by atoms with Crippen molar-refractivity contribution in [3.05, 3.63) is 60.8 Å². The van der Waals surface area contributed by atoms with Crippen LogP contribution in [-0.2, 0) is 32.7 Å². The summed E-state index contributed by atoms with van der Waals surface area (Å²) in [7, 11) is -4.62. The number of ether oxygens (including phenoxy) is 2. The van der Waals surface area contributed by atoms with Gasteiger partial charge in [0.15, 0.2) is 0 Å². The lowest BCUT2D eigenvalue weighted by molar-refractivity contribution is -0.154. The van der Waals surface area contributed by atoms with Crippen molar-refractivity contribution in [2.45, 2.75) is 174 Å². The highest BCUT2D eigenvalue weighted by atomic mass is 31.2. The van der Waals surface area contributed by atoms with E-state index in [9.17, 15) is 19.0 Å². The number of carbonyl (C=O) groups excluding carboxylic acids is 1. The number of nitrogens with two attached hydrogens (primary N) is 1. The molecule has 0 aliphatic carbocycles. The second-order valence-electron chi connectivity index (χ2n) is 13.7. The van der Waals surface area contributed by atoms with Gasteiger partial charge in [-0.3, -0.25) is 18.6 Å². The van der Waals surface area contributed by atoms with Crippen LogP contribution in [0.5, 0.6) is 0 Å². The van der Waals surface area contributed by atoms with Gasteiger partial charge in [-0.15, -0.1) is 0 Å². The van der Waals surface area contributed by atoms with Gasteiger partial charge in [-0.2, -0.15) is 0 Å². The predicted octanol–water partition coefficient (Wildman–Crippen LogP) is 11.3. The van der Waals surface area contributed by atoms with Crippen molar-refractivity contribution in [1.82, 2.24) is 0 Å². The lowest BCUT2D eigenvalue weighted by atomic mass is 10.1. The molecule has 11 heteroatoms. The van der Waals surface area contributed by atoms with Gasteiger partial charge in [0.25, 0.3) is 0 Å².